The van der Waals surface area contributed by atoms with E-state index < -0.39 is 20.2 Å². The summed E-state index contributed by atoms with van der Waals surface area (Å²) in [6.45, 7) is 1.32. The van der Waals surface area contributed by atoms with Gasteiger partial charge < -0.3 is 25.4 Å². The number of rotatable bonds is 11. The van der Waals surface area contributed by atoms with Crippen molar-refractivity contribution >= 4 is 49.5 Å². The minimum absolute atomic E-state index is 0.0236. The molecular weight excluding hydrogens is 762 g/mol. The standard InChI is InChI=1S/C23H26ClN7O3.2C6H6O3S/c1-34-19-6-5-15(10-18(19)24)11-27-21-17(22(33)28-13-20-25-7-3-8-26-20)12-29-23(30-21)31-9-2-4-16(31)14-32;2*7-10(8,9)6-4-2-1-3-5-6/h3,5-8,10,12,16,32H,2,4,9,11,13-14H2,1H3,(H,28,33)(H,27,29,30);2*1-5H,(H,7,8,9)/t16-;;/m0../s1. The number of nitrogens with zero attached hydrogens (tertiary/aromatic N) is 5. The zero-order chi connectivity index (χ0) is 39.1. The fraction of sp³-hybridized carbons (Fsp3) is 0.229. The smallest absolute Gasteiger partial charge is 0.294 e. The van der Waals surface area contributed by atoms with Crippen molar-refractivity contribution < 1.29 is 40.6 Å². The van der Waals surface area contributed by atoms with Crippen LogP contribution in [-0.2, 0) is 33.3 Å². The number of hydrogen-bond acceptors (Lipinski definition) is 13. The molecule has 1 aliphatic heterocycles. The number of benzene rings is 3. The van der Waals surface area contributed by atoms with Crippen molar-refractivity contribution in [3.05, 3.63) is 125 Å². The van der Waals surface area contributed by atoms with Crippen LogP contribution < -0.4 is 20.3 Å². The van der Waals surface area contributed by atoms with Crippen LogP contribution in [0, 0.1) is 0 Å². The molecule has 0 bridgehead atoms. The Morgan fingerprint density at radius 2 is 1.50 bits per heavy atom. The molecule has 0 radical (unpaired) electrons. The summed E-state index contributed by atoms with van der Waals surface area (Å²) in [4.78, 5) is 32.1. The quantitative estimate of drug-likeness (QED) is 0.117. The van der Waals surface area contributed by atoms with Crippen LogP contribution in [0.3, 0.4) is 0 Å². The summed E-state index contributed by atoms with van der Waals surface area (Å²) >= 11 is 6.25. The Morgan fingerprint density at radius 1 is 0.889 bits per heavy atom. The third kappa shape index (κ3) is 12.4. The predicted molar refractivity (Wildman–Crippen MR) is 201 cm³/mol. The highest BCUT2D eigenvalue weighted by Crippen LogP contribution is 2.27. The Labute approximate surface area is 317 Å². The molecule has 16 nitrogen and oxygen atoms in total. The maximum atomic E-state index is 13.0. The van der Waals surface area contributed by atoms with Crippen molar-refractivity contribution in [1.29, 1.82) is 0 Å². The Bertz CT molecular complexity index is 2120. The molecule has 3 heterocycles. The van der Waals surface area contributed by atoms with Crippen molar-refractivity contribution in [2.75, 3.05) is 30.5 Å². The van der Waals surface area contributed by atoms with Gasteiger partial charge in [0.25, 0.3) is 26.1 Å². The summed E-state index contributed by atoms with van der Waals surface area (Å²) in [5.74, 6) is 1.58. The van der Waals surface area contributed by atoms with Crippen LogP contribution in [0.1, 0.15) is 34.6 Å². The molecule has 0 saturated carbocycles. The first-order valence-corrected chi connectivity index (χ1v) is 19.5. The average Bonchev–Trinajstić information content (AvgIpc) is 3.66. The van der Waals surface area contributed by atoms with Gasteiger partial charge in [0, 0.05) is 31.7 Å². The number of anilines is 2. The molecule has 2 aromatic heterocycles. The van der Waals surface area contributed by atoms with Gasteiger partial charge in [0.1, 0.15) is 23.0 Å². The molecule has 1 amide bonds. The summed E-state index contributed by atoms with van der Waals surface area (Å²) in [5, 5.41) is 16.2. The van der Waals surface area contributed by atoms with Gasteiger partial charge in [-0.25, -0.2) is 15.0 Å². The molecular formula is C35H38ClN7O9S2. The van der Waals surface area contributed by atoms with Gasteiger partial charge in [0.15, 0.2) is 0 Å². The number of aliphatic hydroxyl groups excluding tert-OH is 1. The first kappa shape index (κ1) is 41.5. The summed E-state index contributed by atoms with van der Waals surface area (Å²) in [7, 11) is -6.45. The summed E-state index contributed by atoms with van der Waals surface area (Å²) < 4.78 is 63.7. The van der Waals surface area contributed by atoms with Gasteiger partial charge in [0.05, 0.1) is 41.1 Å². The van der Waals surface area contributed by atoms with Crippen LogP contribution in [0.5, 0.6) is 5.75 Å². The molecule has 0 aliphatic carbocycles. The number of nitrogens with one attached hydrogen (secondary N) is 2. The Morgan fingerprint density at radius 3 is 2.02 bits per heavy atom. The Hall–Kier alpha value is -5.24. The molecule has 5 aromatic rings. The second-order valence-corrected chi connectivity index (χ2v) is 14.6. The van der Waals surface area contributed by atoms with Crippen molar-refractivity contribution in [3.8, 4) is 5.75 Å². The van der Waals surface area contributed by atoms with Crippen LogP contribution in [-0.4, -0.2) is 83.2 Å². The van der Waals surface area contributed by atoms with Gasteiger partial charge >= 0.3 is 0 Å². The summed E-state index contributed by atoms with van der Waals surface area (Å²) in [5.41, 5.74) is 1.18. The van der Waals surface area contributed by atoms with E-state index in [-0.39, 0.29) is 34.9 Å². The fourth-order valence-electron chi connectivity index (χ4n) is 4.97. The van der Waals surface area contributed by atoms with Crippen molar-refractivity contribution in [2.24, 2.45) is 0 Å². The third-order valence-electron chi connectivity index (χ3n) is 7.65. The number of carbonyl (C=O) groups excluding carboxylic acids is 1. The zero-order valence-electron chi connectivity index (χ0n) is 28.9. The molecule has 286 valence electrons. The molecule has 0 spiro atoms. The largest absolute Gasteiger partial charge is 0.495 e. The Kier molecular flexibility index (Phi) is 15.2. The molecule has 1 fully saturated rings. The average molecular weight is 800 g/mol. The normalized spacial score (nSPS) is 13.8. The zero-order valence-corrected chi connectivity index (χ0v) is 31.2. The lowest BCUT2D eigenvalue weighted by Crippen LogP contribution is -2.34. The number of carbonyl (C=O) groups is 1. The van der Waals surface area contributed by atoms with Gasteiger partial charge in [-0.1, -0.05) is 54.1 Å². The Balaban J connectivity index is 0.000000263. The number of halogens is 1. The van der Waals surface area contributed by atoms with E-state index in [9.17, 15) is 26.7 Å². The van der Waals surface area contributed by atoms with Gasteiger partial charge in [-0.2, -0.15) is 21.8 Å². The van der Waals surface area contributed by atoms with Gasteiger partial charge in [-0.15, -0.1) is 0 Å². The molecule has 1 atom stereocenters. The number of ether oxygens (including phenoxy) is 1. The van der Waals surface area contributed by atoms with Crippen LogP contribution in [0.4, 0.5) is 11.8 Å². The van der Waals surface area contributed by atoms with Gasteiger partial charge in [-0.05, 0) is 60.9 Å². The monoisotopic (exact) mass is 799 g/mol. The molecule has 5 N–H and O–H groups in total. The molecule has 54 heavy (non-hydrogen) atoms. The molecule has 1 saturated heterocycles. The number of methoxy groups -OCH3 is 1. The molecule has 6 rings (SSSR count). The lowest BCUT2D eigenvalue weighted by molar-refractivity contribution is 0.0950. The minimum atomic E-state index is -4.00. The number of aliphatic hydroxyl groups is 1. The van der Waals surface area contributed by atoms with Crippen LogP contribution in [0.25, 0.3) is 0 Å². The second kappa shape index (κ2) is 19.7. The molecule has 0 unspecified atom stereocenters. The first-order valence-electron chi connectivity index (χ1n) is 16.2. The van der Waals surface area contributed by atoms with E-state index in [1.165, 1.54) is 30.5 Å². The third-order valence-corrected chi connectivity index (χ3v) is 9.68. The highest BCUT2D eigenvalue weighted by molar-refractivity contribution is 7.86. The number of hydrogen-bond donors (Lipinski definition) is 5. The van der Waals surface area contributed by atoms with E-state index in [2.05, 4.69) is 30.6 Å². The van der Waals surface area contributed by atoms with E-state index in [4.69, 9.17) is 25.4 Å². The van der Waals surface area contributed by atoms with Gasteiger partial charge in [-0.3, -0.25) is 13.9 Å². The summed E-state index contributed by atoms with van der Waals surface area (Å²) in [6.07, 6.45) is 6.55. The maximum absolute atomic E-state index is 13.0. The van der Waals surface area contributed by atoms with Crippen molar-refractivity contribution in [1.82, 2.24) is 25.3 Å². The maximum Gasteiger partial charge on any atom is 0.294 e. The van der Waals surface area contributed by atoms with E-state index in [0.717, 1.165) is 24.9 Å². The highest BCUT2D eigenvalue weighted by Gasteiger charge is 2.27. The lowest BCUT2D eigenvalue weighted by atomic mass is 10.2. The molecule has 1 aliphatic rings. The first-order chi connectivity index (χ1) is 25.8. The highest BCUT2D eigenvalue weighted by atomic mass is 35.5. The van der Waals surface area contributed by atoms with Crippen LogP contribution in [0.2, 0.25) is 5.02 Å². The predicted octanol–water partition coefficient (Wildman–Crippen LogP) is 4.30. The number of amides is 1. The SMILES string of the molecule is COc1ccc(CNc2nc(N3CCC[C@H]3CO)ncc2C(=O)NCc2ncccn2)cc1Cl.O=S(=O)(O)c1ccccc1.O=S(=O)(O)c1ccccc1. The fourth-order valence-corrected chi connectivity index (χ4v) is 6.25. The van der Waals surface area contributed by atoms with Crippen molar-refractivity contribution in [2.45, 2.75) is 41.8 Å². The van der Waals surface area contributed by atoms with E-state index in [1.807, 2.05) is 11.0 Å². The summed E-state index contributed by atoms with van der Waals surface area (Å²) in [6, 6.07) is 22.0. The van der Waals surface area contributed by atoms with Crippen LogP contribution >= 0.6 is 11.6 Å². The minimum Gasteiger partial charge on any atom is -0.495 e. The number of aromatic nitrogens is 4. The van der Waals surface area contributed by atoms with Crippen molar-refractivity contribution in [3.63, 3.8) is 0 Å². The molecule has 19 heteroatoms. The van der Waals surface area contributed by atoms with E-state index in [0.29, 0.717) is 40.5 Å². The second-order valence-electron chi connectivity index (χ2n) is 11.4. The molecule has 3 aromatic carbocycles. The topological polar surface area (TPSA) is 234 Å². The lowest BCUT2D eigenvalue weighted by Gasteiger charge is -2.24. The van der Waals surface area contributed by atoms with Crippen LogP contribution in [0.15, 0.2) is 113 Å². The van der Waals surface area contributed by atoms with E-state index in [1.54, 1.807) is 74.1 Å². The van der Waals surface area contributed by atoms with E-state index >= 15 is 0 Å². The van der Waals surface area contributed by atoms with Gasteiger partial charge in [0.2, 0.25) is 5.95 Å².